The highest BCUT2D eigenvalue weighted by atomic mass is 32.2. The molecule has 0 bridgehead atoms. The second kappa shape index (κ2) is 7.48. The predicted octanol–water partition coefficient (Wildman–Crippen LogP) is 6.68. The lowest BCUT2D eigenvalue weighted by Gasteiger charge is -2.61. The van der Waals surface area contributed by atoms with Gasteiger partial charge in [0.1, 0.15) is 0 Å². The van der Waals surface area contributed by atoms with Gasteiger partial charge in [-0.2, -0.15) is 0 Å². The molecule has 3 fully saturated rings. The Morgan fingerprint density at radius 3 is 2.48 bits per heavy atom. The third-order valence-electron chi connectivity index (χ3n) is 10.3. The van der Waals surface area contributed by atoms with Crippen molar-refractivity contribution in [1.82, 2.24) is 0 Å². The van der Waals surface area contributed by atoms with Gasteiger partial charge in [-0.3, -0.25) is 4.79 Å². The first-order valence-electron chi connectivity index (χ1n) is 12.3. The standard InChI is InChI=1S/C28H38O2S/c1-18-16-23-20(17-31-19-8-6-5-7-9-19)24(29)12-13-26(23,2)21-10-14-27(3)22(25(18)21)11-15-28(27,4)30/h5-9,18,21-22,25,30H,10-17H2,1-4H3/t18-,21+,22+,25-,26-,27+,28+/m1/s1. The number of fused-ring (bicyclic) bond motifs is 5. The summed E-state index contributed by atoms with van der Waals surface area (Å²) in [6.07, 6.45) is 7.24. The smallest absolute Gasteiger partial charge is 0.159 e. The van der Waals surface area contributed by atoms with Crippen molar-refractivity contribution in [1.29, 1.82) is 0 Å². The zero-order valence-electron chi connectivity index (χ0n) is 19.6. The van der Waals surface area contributed by atoms with Gasteiger partial charge in [-0.05, 0) is 92.1 Å². The fourth-order valence-electron chi connectivity index (χ4n) is 8.23. The van der Waals surface area contributed by atoms with Crippen LogP contribution in [0.4, 0.5) is 0 Å². The topological polar surface area (TPSA) is 37.3 Å². The number of allylic oxidation sites excluding steroid dienone is 1. The number of thioether (sulfide) groups is 1. The summed E-state index contributed by atoms with van der Waals surface area (Å²) in [6.45, 7) is 9.38. The summed E-state index contributed by atoms with van der Waals surface area (Å²) < 4.78 is 0. The van der Waals surface area contributed by atoms with E-state index in [1.165, 1.54) is 23.3 Å². The molecule has 4 aliphatic rings. The van der Waals surface area contributed by atoms with Crippen molar-refractivity contribution in [2.24, 2.45) is 34.5 Å². The number of carbonyl (C=O) groups is 1. The van der Waals surface area contributed by atoms with Gasteiger partial charge < -0.3 is 5.11 Å². The predicted molar refractivity (Wildman–Crippen MR) is 128 cm³/mol. The van der Waals surface area contributed by atoms with Crippen LogP contribution in [-0.2, 0) is 4.79 Å². The Morgan fingerprint density at radius 2 is 1.74 bits per heavy atom. The van der Waals surface area contributed by atoms with Crippen LogP contribution in [0.25, 0.3) is 0 Å². The summed E-state index contributed by atoms with van der Waals surface area (Å²) >= 11 is 1.82. The van der Waals surface area contributed by atoms with E-state index < -0.39 is 5.60 Å². The molecular formula is C28H38O2S. The average molecular weight is 439 g/mol. The second-order valence-corrected chi connectivity index (χ2v) is 12.7. The highest BCUT2D eigenvalue weighted by Gasteiger charge is 2.64. The fraction of sp³-hybridized carbons (Fsp3) is 0.679. The van der Waals surface area contributed by atoms with Gasteiger partial charge in [-0.1, -0.05) is 44.5 Å². The van der Waals surface area contributed by atoms with Crippen LogP contribution in [0.3, 0.4) is 0 Å². The van der Waals surface area contributed by atoms with Crippen molar-refractivity contribution in [2.45, 2.75) is 83.1 Å². The number of rotatable bonds is 3. The van der Waals surface area contributed by atoms with Gasteiger partial charge in [-0.25, -0.2) is 0 Å². The van der Waals surface area contributed by atoms with E-state index in [2.05, 4.69) is 58.0 Å². The summed E-state index contributed by atoms with van der Waals surface area (Å²) in [7, 11) is 0. The van der Waals surface area contributed by atoms with Crippen molar-refractivity contribution >= 4 is 17.5 Å². The molecule has 0 heterocycles. The number of aliphatic hydroxyl groups is 1. The molecule has 0 saturated heterocycles. The van der Waals surface area contributed by atoms with Crippen molar-refractivity contribution in [3.8, 4) is 0 Å². The summed E-state index contributed by atoms with van der Waals surface area (Å²) in [5, 5.41) is 11.2. The first-order chi connectivity index (χ1) is 14.7. The van der Waals surface area contributed by atoms with E-state index in [9.17, 15) is 9.90 Å². The number of hydrogen-bond donors (Lipinski definition) is 1. The molecule has 0 amide bonds. The van der Waals surface area contributed by atoms with Crippen LogP contribution < -0.4 is 0 Å². The molecule has 0 unspecified atom stereocenters. The molecule has 1 N–H and O–H groups in total. The molecule has 1 aromatic carbocycles. The Kier molecular flexibility index (Phi) is 5.26. The SMILES string of the molecule is C[C@@H]1CC2=C(CSc3ccccc3)C(=O)CC[C@]2(C)[C@H]2CC[C@@]3(C)[C@@H](CC[C@]3(C)O)[C@H]12. The van der Waals surface area contributed by atoms with E-state index >= 15 is 0 Å². The zero-order chi connectivity index (χ0) is 22.0. The Bertz CT molecular complexity index is 903. The van der Waals surface area contributed by atoms with Crippen LogP contribution in [-0.4, -0.2) is 22.2 Å². The van der Waals surface area contributed by atoms with Crippen LogP contribution in [0, 0.1) is 34.5 Å². The largest absolute Gasteiger partial charge is 0.390 e. The summed E-state index contributed by atoms with van der Waals surface area (Å²) in [4.78, 5) is 14.3. The molecule has 1 aromatic rings. The molecular weight excluding hydrogens is 400 g/mol. The molecule has 31 heavy (non-hydrogen) atoms. The van der Waals surface area contributed by atoms with Crippen molar-refractivity contribution in [3.05, 3.63) is 41.5 Å². The maximum absolute atomic E-state index is 13.1. The lowest BCUT2D eigenvalue weighted by molar-refractivity contribution is -0.133. The van der Waals surface area contributed by atoms with E-state index in [0.717, 1.165) is 37.0 Å². The van der Waals surface area contributed by atoms with Gasteiger partial charge in [0.15, 0.2) is 5.78 Å². The minimum atomic E-state index is -0.528. The van der Waals surface area contributed by atoms with Gasteiger partial charge in [0.2, 0.25) is 0 Å². The maximum atomic E-state index is 13.1. The van der Waals surface area contributed by atoms with E-state index in [0.29, 0.717) is 35.9 Å². The Labute approximate surface area is 192 Å². The number of ketones is 1. The third-order valence-corrected chi connectivity index (χ3v) is 11.3. The van der Waals surface area contributed by atoms with E-state index in [-0.39, 0.29) is 10.8 Å². The Balaban J connectivity index is 1.49. The van der Waals surface area contributed by atoms with Crippen molar-refractivity contribution < 1.29 is 9.90 Å². The fourth-order valence-corrected chi connectivity index (χ4v) is 9.22. The highest BCUT2D eigenvalue weighted by molar-refractivity contribution is 7.99. The Morgan fingerprint density at radius 1 is 1.03 bits per heavy atom. The van der Waals surface area contributed by atoms with Crippen LogP contribution in [0.15, 0.2) is 46.4 Å². The normalized spacial score (nSPS) is 44.6. The van der Waals surface area contributed by atoms with Gasteiger partial charge >= 0.3 is 0 Å². The molecule has 4 aliphatic carbocycles. The highest BCUT2D eigenvalue weighted by Crippen LogP contribution is 2.69. The third kappa shape index (κ3) is 3.21. The number of hydrogen-bond acceptors (Lipinski definition) is 3. The molecule has 7 atom stereocenters. The van der Waals surface area contributed by atoms with E-state index in [4.69, 9.17) is 0 Å². The van der Waals surface area contributed by atoms with Crippen LogP contribution in [0.1, 0.15) is 72.6 Å². The van der Waals surface area contributed by atoms with Gasteiger partial charge in [0, 0.05) is 22.6 Å². The molecule has 0 spiro atoms. The molecule has 2 nitrogen and oxygen atoms in total. The molecule has 3 heteroatoms. The molecule has 0 aliphatic heterocycles. The van der Waals surface area contributed by atoms with Crippen LogP contribution in [0.5, 0.6) is 0 Å². The second-order valence-electron chi connectivity index (χ2n) is 11.6. The number of carbonyl (C=O) groups excluding carboxylic acids is 1. The summed E-state index contributed by atoms with van der Waals surface area (Å²) in [5.74, 6) is 3.75. The molecule has 0 radical (unpaired) electrons. The van der Waals surface area contributed by atoms with Crippen LogP contribution >= 0.6 is 11.8 Å². The first-order valence-corrected chi connectivity index (χ1v) is 13.3. The summed E-state index contributed by atoms with van der Waals surface area (Å²) in [6, 6.07) is 10.5. The lowest BCUT2D eigenvalue weighted by atomic mass is 9.44. The monoisotopic (exact) mass is 438 g/mol. The molecule has 0 aromatic heterocycles. The maximum Gasteiger partial charge on any atom is 0.159 e. The van der Waals surface area contributed by atoms with Gasteiger partial charge in [0.05, 0.1) is 5.60 Å². The van der Waals surface area contributed by atoms with Crippen molar-refractivity contribution in [3.63, 3.8) is 0 Å². The zero-order valence-corrected chi connectivity index (χ0v) is 20.4. The van der Waals surface area contributed by atoms with E-state index in [1.54, 1.807) is 0 Å². The lowest BCUT2D eigenvalue weighted by Crippen LogP contribution is -2.56. The summed E-state index contributed by atoms with van der Waals surface area (Å²) in [5.41, 5.74) is 2.32. The Hall–Kier alpha value is -1.06. The molecule has 168 valence electrons. The van der Waals surface area contributed by atoms with Crippen molar-refractivity contribution in [2.75, 3.05) is 5.75 Å². The molecule has 5 rings (SSSR count). The van der Waals surface area contributed by atoms with Gasteiger partial charge in [-0.15, -0.1) is 11.8 Å². The first kappa shape index (κ1) is 21.8. The number of benzene rings is 1. The minimum Gasteiger partial charge on any atom is -0.390 e. The van der Waals surface area contributed by atoms with Gasteiger partial charge in [0.25, 0.3) is 0 Å². The molecule has 3 saturated carbocycles. The minimum absolute atomic E-state index is 0.0521. The quantitative estimate of drug-likeness (QED) is 0.535. The van der Waals surface area contributed by atoms with Crippen LogP contribution in [0.2, 0.25) is 0 Å². The van der Waals surface area contributed by atoms with E-state index in [1.807, 2.05) is 11.8 Å². The average Bonchev–Trinajstić information content (AvgIpc) is 2.99. The number of Topliss-reactive ketones (excluding diaryl/α,β-unsaturated/α-hetero) is 1.